The Kier molecular flexibility index (Phi) is 8.33. The number of nitrogens with one attached hydrogen (secondary N) is 1. The molecule has 3 aromatic rings. The highest BCUT2D eigenvalue weighted by molar-refractivity contribution is 9.10. The number of nitrogens with zero attached hydrogens (tertiary/aromatic N) is 2. The first-order valence-electron chi connectivity index (χ1n) is 10.1. The lowest BCUT2D eigenvalue weighted by Gasteiger charge is -2.21. The molecule has 0 atom stereocenters. The third-order valence-corrected chi connectivity index (χ3v) is 7.10. The van der Waals surface area contributed by atoms with Gasteiger partial charge in [-0.3, -0.25) is 4.79 Å². The van der Waals surface area contributed by atoms with Crippen LogP contribution in [0.25, 0.3) is 0 Å². The van der Waals surface area contributed by atoms with Crippen LogP contribution in [-0.4, -0.2) is 31.4 Å². The Morgan fingerprint density at radius 3 is 2.25 bits per heavy atom. The molecule has 0 unspecified atom stereocenters. The second-order valence-electron chi connectivity index (χ2n) is 7.10. The van der Waals surface area contributed by atoms with Crippen molar-refractivity contribution in [3.8, 4) is 0 Å². The summed E-state index contributed by atoms with van der Waals surface area (Å²) < 4.78 is 28.4. The molecule has 0 heterocycles. The number of aryl methyl sites for hydroxylation is 1. The van der Waals surface area contributed by atoms with Crippen molar-refractivity contribution in [3.63, 3.8) is 0 Å². The number of carbonyl (C=O) groups is 1. The summed E-state index contributed by atoms with van der Waals surface area (Å²) in [4.78, 5) is 12.6. The van der Waals surface area contributed by atoms with Crippen molar-refractivity contribution in [3.05, 3.63) is 100 Å². The molecule has 0 spiro atoms. The van der Waals surface area contributed by atoms with Gasteiger partial charge in [0.1, 0.15) is 0 Å². The molecule has 8 heteroatoms. The Balaban J connectivity index is 1.74. The van der Waals surface area contributed by atoms with Gasteiger partial charge in [-0.2, -0.15) is 9.41 Å². The van der Waals surface area contributed by atoms with Crippen molar-refractivity contribution < 1.29 is 13.2 Å². The van der Waals surface area contributed by atoms with E-state index in [0.29, 0.717) is 0 Å². The molecule has 0 aliphatic rings. The minimum absolute atomic E-state index is 0.0643. The molecule has 0 fully saturated rings. The number of carbonyl (C=O) groups excluding carboxylic acids is 1. The van der Waals surface area contributed by atoms with E-state index in [1.165, 1.54) is 23.9 Å². The number of halogens is 1. The van der Waals surface area contributed by atoms with Crippen LogP contribution >= 0.6 is 15.9 Å². The maximum Gasteiger partial charge on any atom is 0.255 e. The van der Waals surface area contributed by atoms with Crippen LogP contribution in [0.3, 0.4) is 0 Å². The van der Waals surface area contributed by atoms with Crippen LogP contribution in [0.4, 0.5) is 0 Å². The number of rotatable bonds is 9. The van der Waals surface area contributed by atoms with E-state index in [4.69, 9.17) is 0 Å². The molecule has 32 heavy (non-hydrogen) atoms. The molecule has 0 aliphatic heterocycles. The van der Waals surface area contributed by atoms with Crippen LogP contribution in [0.5, 0.6) is 0 Å². The van der Waals surface area contributed by atoms with Crippen molar-refractivity contribution in [1.29, 1.82) is 0 Å². The minimum atomic E-state index is -3.90. The summed E-state index contributed by atoms with van der Waals surface area (Å²) in [6, 6.07) is 23.3. The van der Waals surface area contributed by atoms with Crippen molar-refractivity contribution in [1.82, 2.24) is 9.73 Å². The zero-order chi connectivity index (χ0) is 23.0. The molecule has 0 aromatic heterocycles. The number of hydrazone groups is 1. The summed E-state index contributed by atoms with van der Waals surface area (Å²) in [5.74, 6) is -0.525. The number of hydrogen-bond acceptors (Lipinski definition) is 4. The van der Waals surface area contributed by atoms with E-state index in [9.17, 15) is 13.2 Å². The first kappa shape index (κ1) is 23.8. The zero-order valence-corrected chi connectivity index (χ0v) is 20.0. The van der Waals surface area contributed by atoms with Gasteiger partial charge in [0.2, 0.25) is 10.0 Å². The van der Waals surface area contributed by atoms with Gasteiger partial charge in [0.15, 0.2) is 0 Å². The van der Waals surface area contributed by atoms with Crippen molar-refractivity contribution >= 4 is 38.1 Å². The highest BCUT2D eigenvalue weighted by atomic mass is 79.9. The predicted molar refractivity (Wildman–Crippen MR) is 130 cm³/mol. The van der Waals surface area contributed by atoms with Crippen LogP contribution in [0.15, 0.2) is 93.3 Å². The van der Waals surface area contributed by atoms with Crippen LogP contribution in [-0.2, 0) is 27.8 Å². The van der Waals surface area contributed by atoms with E-state index in [1.807, 2.05) is 54.6 Å². The smallest absolute Gasteiger partial charge is 0.255 e. The second kappa shape index (κ2) is 11.2. The number of amides is 1. The van der Waals surface area contributed by atoms with Gasteiger partial charge < -0.3 is 0 Å². The molecule has 6 nitrogen and oxygen atoms in total. The quantitative estimate of drug-likeness (QED) is 0.341. The Labute approximate surface area is 197 Å². The molecule has 0 aliphatic carbocycles. The summed E-state index contributed by atoms with van der Waals surface area (Å²) >= 11 is 3.31. The average Bonchev–Trinajstić information content (AvgIpc) is 2.80. The highest BCUT2D eigenvalue weighted by Gasteiger charge is 2.26. The maximum atomic E-state index is 13.2. The fourth-order valence-corrected chi connectivity index (χ4v) is 4.63. The summed E-state index contributed by atoms with van der Waals surface area (Å²) in [5.41, 5.74) is 5.25. The molecule has 0 radical (unpaired) electrons. The van der Waals surface area contributed by atoms with Gasteiger partial charge in [0, 0.05) is 11.0 Å². The Bertz CT molecular complexity index is 1160. The van der Waals surface area contributed by atoms with Crippen LogP contribution < -0.4 is 5.43 Å². The SMILES string of the molecule is CCc1ccc(/C=N\NC(=O)CN(Cc2ccccc2)S(=O)(=O)c2ccc(Br)cc2)cc1. The largest absolute Gasteiger partial charge is 0.272 e. The minimum Gasteiger partial charge on any atom is -0.272 e. The third-order valence-electron chi connectivity index (χ3n) is 4.76. The van der Waals surface area contributed by atoms with E-state index < -0.39 is 15.9 Å². The second-order valence-corrected chi connectivity index (χ2v) is 9.95. The van der Waals surface area contributed by atoms with Gasteiger partial charge in [-0.15, -0.1) is 0 Å². The lowest BCUT2D eigenvalue weighted by atomic mass is 10.1. The fraction of sp³-hybridized carbons (Fsp3) is 0.167. The Morgan fingerprint density at radius 1 is 0.969 bits per heavy atom. The Morgan fingerprint density at radius 2 is 1.62 bits per heavy atom. The standard InChI is InChI=1S/C24H24BrN3O3S/c1-2-19-8-10-20(11-9-19)16-26-27-24(29)18-28(17-21-6-4-3-5-7-21)32(30,31)23-14-12-22(25)13-15-23/h3-16H,2,17-18H2,1H3,(H,27,29)/b26-16-. The van der Waals surface area contributed by atoms with Crippen molar-refractivity contribution in [2.75, 3.05) is 6.54 Å². The van der Waals surface area contributed by atoms with Gasteiger partial charge in [0.25, 0.3) is 5.91 Å². The van der Waals surface area contributed by atoms with Gasteiger partial charge in [-0.05, 0) is 47.4 Å². The van der Waals surface area contributed by atoms with Crippen LogP contribution in [0.1, 0.15) is 23.6 Å². The first-order valence-corrected chi connectivity index (χ1v) is 12.3. The highest BCUT2D eigenvalue weighted by Crippen LogP contribution is 2.20. The van der Waals surface area contributed by atoms with Crippen molar-refractivity contribution in [2.45, 2.75) is 24.8 Å². The van der Waals surface area contributed by atoms with E-state index in [1.54, 1.807) is 12.1 Å². The monoisotopic (exact) mass is 513 g/mol. The van der Waals surface area contributed by atoms with Gasteiger partial charge >= 0.3 is 0 Å². The van der Waals surface area contributed by atoms with Crippen molar-refractivity contribution in [2.24, 2.45) is 5.10 Å². The molecule has 3 rings (SSSR count). The molecular formula is C24H24BrN3O3S. The third kappa shape index (κ3) is 6.59. The molecule has 1 N–H and O–H groups in total. The van der Waals surface area contributed by atoms with Crippen LogP contribution in [0.2, 0.25) is 0 Å². The van der Waals surface area contributed by atoms with E-state index in [0.717, 1.165) is 26.3 Å². The summed E-state index contributed by atoms with van der Waals surface area (Å²) in [6.07, 6.45) is 2.47. The van der Waals surface area contributed by atoms with E-state index in [2.05, 4.69) is 33.4 Å². The molecule has 0 bridgehead atoms. The summed E-state index contributed by atoms with van der Waals surface area (Å²) in [7, 11) is -3.90. The topological polar surface area (TPSA) is 78.8 Å². The lowest BCUT2D eigenvalue weighted by Crippen LogP contribution is -2.39. The maximum absolute atomic E-state index is 13.2. The average molecular weight is 514 g/mol. The molecule has 3 aromatic carbocycles. The lowest BCUT2D eigenvalue weighted by molar-refractivity contribution is -0.121. The van der Waals surface area contributed by atoms with E-state index in [-0.39, 0.29) is 18.0 Å². The molecule has 1 amide bonds. The van der Waals surface area contributed by atoms with Gasteiger partial charge in [-0.25, -0.2) is 13.8 Å². The molecular weight excluding hydrogens is 490 g/mol. The first-order chi connectivity index (χ1) is 15.4. The zero-order valence-electron chi connectivity index (χ0n) is 17.6. The normalized spacial score (nSPS) is 11.7. The van der Waals surface area contributed by atoms with E-state index >= 15 is 0 Å². The molecule has 0 saturated carbocycles. The number of hydrogen-bond donors (Lipinski definition) is 1. The predicted octanol–water partition coefficient (Wildman–Crippen LogP) is 4.35. The van der Waals surface area contributed by atoms with Crippen LogP contribution in [0, 0.1) is 0 Å². The molecule has 0 saturated heterocycles. The summed E-state index contributed by atoms with van der Waals surface area (Å²) in [6.45, 7) is 1.78. The number of sulfonamides is 1. The molecule has 166 valence electrons. The Hall–Kier alpha value is -2.81. The van der Waals surface area contributed by atoms with Gasteiger partial charge in [0.05, 0.1) is 17.7 Å². The summed E-state index contributed by atoms with van der Waals surface area (Å²) in [5, 5.41) is 3.97. The fourth-order valence-electron chi connectivity index (χ4n) is 2.98. The van der Waals surface area contributed by atoms with Gasteiger partial charge in [-0.1, -0.05) is 77.5 Å². The number of benzene rings is 3.